The maximum absolute atomic E-state index is 11.9. The third-order valence-corrected chi connectivity index (χ3v) is 4.52. The number of thioether (sulfide) groups is 1. The van der Waals surface area contributed by atoms with E-state index in [-0.39, 0.29) is 6.29 Å². The molecule has 0 saturated carbocycles. The zero-order chi connectivity index (χ0) is 16.1. The Morgan fingerprint density at radius 3 is 2.74 bits per heavy atom. The van der Waals surface area contributed by atoms with Crippen molar-refractivity contribution in [3.05, 3.63) is 17.0 Å². The molecule has 1 aromatic heterocycles. The van der Waals surface area contributed by atoms with Gasteiger partial charge in [-0.1, -0.05) is 0 Å². The Hall–Kier alpha value is -1.42. The first kappa shape index (κ1) is 16.4. The maximum Gasteiger partial charge on any atom is 0.358 e. The van der Waals surface area contributed by atoms with Crippen molar-refractivity contribution in [1.82, 2.24) is 4.98 Å². The van der Waals surface area contributed by atoms with Crippen LogP contribution in [0.4, 0.5) is 11.5 Å². The van der Waals surface area contributed by atoms with E-state index in [4.69, 9.17) is 19.0 Å². The molecule has 2 aliphatic heterocycles. The van der Waals surface area contributed by atoms with Crippen LogP contribution in [0.3, 0.4) is 0 Å². The number of nitrogens with zero attached hydrogens (tertiary/aromatic N) is 3. The quantitative estimate of drug-likeness (QED) is 0.567. The lowest BCUT2D eigenvalue weighted by Crippen LogP contribution is -2.37. The zero-order valence-corrected chi connectivity index (χ0v) is 13.8. The molecule has 0 amide bonds. The number of hydrogen-bond acceptors (Lipinski definition) is 8. The monoisotopic (exact) mass is 342 g/mol. The van der Waals surface area contributed by atoms with Crippen molar-refractivity contribution < 1.29 is 24.0 Å². The van der Waals surface area contributed by atoms with E-state index in [0.29, 0.717) is 61.7 Å². The van der Waals surface area contributed by atoms with Crippen molar-refractivity contribution in [2.45, 2.75) is 11.3 Å². The Morgan fingerprint density at radius 2 is 2.04 bits per heavy atom. The average Bonchev–Trinajstić information content (AvgIpc) is 3.13. The van der Waals surface area contributed by atoms with Crippen LogP contribution in [0.2, 0.25) is 0 Å². The summed E-state index contributed by atoms with van der Waals surface area (Å²) in [7, 11) is 1.34. The average molecular weight is 342 g/mol. The Bertz CT molecular complexity index is 547. The number of hydrogen-bond donors (Lipinski definition) is 0. The lowest BCUT2D eigenvalue weighted by Gasteiger charge is -2.27. The molecule has 1 aromatic rings. The molecule has 0 bridgehead atoms. The maximum atomic E-state index is 11.9. The summed E-state index contributed by atoms with van der Waals surface area (Å²) in [6.45, 7) is 3.90. The Kier molecular flexibility index (Phi) is 5.65. The molecule has 0 radical (unpaired) electrons. The van der Waals surface area contributed by atoms with Crippen LogP contribution >= 0.6 is 11.8 Å². The molecular formula is C14H20N3O5S+. The molecule has 0 aromatic carbocycles. The first-order valence-corrected chi connectivity index (χ1v) is 8.47. The fourth-order valence-electron chi connectivity index (χ4n) is 2.41. The van der Waals surface area contributed by atoms with Gasteiger partial charge in [0, 0.05) is 19.2 Å². The van der Waals surface area contributed by atoms with Crippen molar-refractivity contribution in [2.24, 2.45) is 0 Å². The van der Waals surface area contributed by atoms with Gasteiger partial charge in [-0.3, -0.25) is 0 Å². The van der Waals surface area contributed by atoms with Crippen LogP contribution in [0.5, 0.6) is 0 Å². The van der Waals surface area contributed by atoms with Crippen molar-refractivity contribution in [1.29, 1.82) is 0 Å². The van der Waals surface area contributed by atoms with Gasteiger partial charge in [-0.05, 0) is 6.07 Å². The number of morpholine rings is 1. The van der Waals surface area contributed by atoms with Gasteiger partial charge < -0.3 is 19.1 Å². The minimum Gasteiger partial charge on any atom is -0.378 e. The lowest BCUT2D eigenvalue weighted by atomic mass is 10.3. The lowest BCUT2D eigenvalue weighted by molar-refractivity contribution is -0.736. The van der Waals surface area contributed by atoms with Gasteiger partial charge in [0.25, 0.3) is 4.92 Å². The van der Waals surface area contributed by atoms with Gasteiger partial charge in [-0.25, -0.2) is 9.82 Å². The molecule has 9 heteroatoms. The Balaban J connectivity index is 1.76. The van der Waals surface area contributed by atoms with Gasteiger partial charge in [0.05, 0.1) is 42.1 Å². The number of pyridine rings is 1. The summed E-state index contributed by atoms with van der Waals surface area (Å²) in [5.41, 5.74) is 0.395. The summed E-state index contributed by atoms with van der Waals surface area (Å²) in [5.74, 6) is 1.28. The molecule has 2 fully saturated rings. The molecule has 0 spiro atoms. The van der Waals surface area contributed by atoms with E-state index in [0.717, 1.165) is 5.03 Å². The van der Waals surface area contributed by atoms with Crippen LogP contribution in [0.25, 0.3) is 0 Å². The van der Waals surface area contributed by atoms with Crippen molar-refractivity contribution in [3.8, 4) is 0 Å². The van der Waals surface area contributed by atoms with Gasteiger partial charge in [-0.2, -0.15) is 0 Å². The highest BCUT2D eigenvalue weighted by atomic mass is 32.2. The van der Waals surface area contributed by atoms with Gasteiger partial charge in [0.2, 0.25) is 5.82 Å². The van der Waals surface area contributed by atoms with Gasteiger partial charge in [-0.15, -0.1) is 11.8 Å². The zero-order valence-electron chi connectivity index (χ0n) is 13.0. The molecule has 0 N–H and O–H groups in total. The summed E-state index contributed by atoms with van der Waals surface area (Å²) in [6, 6.07) is 3.54. The SMILES string of the molecule is CO[N+](=O)c1ccc(SCC2OCCO2)nc1N1CCOCC1. The van der Waals surface area contributed by atoms with Crippen LogP contribution in [0.1, 0.15) is 0 Å². The van der Waals surface area contributed by atoms with Crippen molar-refractivity contribution in [2.75, 3.05) is 57.3 Å². The predicted molar refractivity (Wildman–Crippen MR) is 84.0 cm³/mol. The van der Waals surface area contributed by atoms with E-state index in [1.54, 1.807) is 17.8 Å². The fraction of sp³-hybridized carbons (Fsp3) is 0.643. The highest BCUT2D eigenvalue weighted by Gasteiger charge is 2.28. The minimum absolute atomic E-state index is 0.191. The second kappa shape index (κ2) is 7.91. The topological polar surface area (TPSA) is 73.1 Å². The molecule has 2 saturated heterocycles. The summed E-state index contributed by atoms with van der Waals surface area (Å²) in [4.78, 5) is 23.8. The summed E-state index contributed by atoms with van der Waals surface area (Å²) in [6.07, 6.45) is -0.191. The fourth-order valence-corrected chi connectivity index (χ4v) is 3.22. The number of anilines is 1. The van der Waals surface area contributed by atoms with E-state index < -0.39 is 0 Å². The van der Waals surface area contributed by atoms with E-state index in [2.05, 4.69) is 4.98 Å². The second-order valence-electron chi connectivity index (χ2n) is 5.01. The van der Waals surface area contributed by atoms with E-state index in [9.17, 15) is 4.91 Å². The van der Waals surface area contributed by atoms with Gasteiger partial charge in [0.15, 0.2) is 13.4 Å². The molecule has 3 rings (SSSR count). The van der Waals surface area contributed by atoms with E-state index >= 15 is 0 Å². The summed E-state index contributed by atoms with van der Waals surface area (Å²) >= 11 is 1.54. The van der Waals surface area contributed by atoms with Crippen molar-refractivity contribution in [3.63, 3.8) is 0 Å². The van der Waals surface area contributed by atoms with Gasteiger partial charge in [0.1, 0.15) is 0 Å². The standard InChI is InChI=1S/C14H20N3O5S/c1-19-17(18)11-2-3-12(23-10-13-21-8-9-22-13)15-14(11)16-4-6-20-7-5-16/h2-3,13H,4-10H2,1H3/q+1. The number of ether oxygens (including phenoxy) is 3. The molecule has 0 aliphatic carbocycles. The molecule has 0 unspecified atom stereocenters. The normalized spacial score (nSPS) is 19.1. The summed E-state index contributed by atoms with van der Waals surface area (Å²) in [5, 5.41) is 0.818. The van der Waals surface area contributed by atoms with Crippen molar-refractivity contribution >= 4 is 23.3 Å². The largest absolute Gasteiger partial charge is 0.378 e. The molecule has 3 heterocycles. The second-order valence-corrected chi connectivity index (χ2v) is 6.05. The molecule has 2 aliphatic rings. The highest BCUT2D eigenvalue weighted by Crippen LogP contribution is 2.31. The summed E-state index contributed by atoms with van der Waals surface area (Å²) < 4.78 is 16.2. The third kappa shape index (κ3) is 4.11. The molecule has 126 valence electrons. The van der Waals surface area contributed by atoms with E-state index in [1.165, 1.54) is 7.11 Å². The molecule has 23 heavy (non-hydrogen) atoms. The molecular weight excluding hydrogens is 322 g/mol. The third-order valence-electron chi connectivity index (χ3n) is 3.56. The van der Waals surface area contributed by atoms with Crippen LogP contribution in [-0.4, -0.2) is 68.6 Å². The number of aromatic nitrogens is 1. The Labute approximate surface area is 138 Å². The smallest absolute Gasteiger partial charge is 0.358 e. The van der Waals surface area contributed by atoms with Gasteiger partial charge >= 0.3 is 5.69 Å². The molecule has 8 nitrogen and oxygen atoms in total. The van der Waals surface area contributed by atoms with Crippen LogP contribution in [-0.2, 0) is 19.0 Å². The Morgan fingerprint density at radius 1 is 1.30 bits per heavy atom. The predicted octanol–water partition coefficient (Wildman–Crippen LogP) is 1.35. The van der Waals surface area contributed by atoms with Crippen LogP contribution < -0.4 is 4.90 Å². The highest BCUT2D eigenvalue weighted by molar-refractivity contribution is 7.99. The van der Waals surface area contributed by atoms with Crippen LogP contribution in [0, 0.1) is 4.91 Å². The first-order chi connectivity index (χ1) is 11.3. The van der Waals surface area contributed by atoms with E-state index in [1.807, 2.05) is 11.0 Å². The van der Waals surface area contributed by atoms with Crippen LogP contribution in [0.15, 0.2) is 17.2 Å². The minimum atomic E-state index is -0.191. The first-order valence-electron chi connectivity index (χ1n) is 7.49. The number of rotatable bonds is 6. The molecule has 0 atom stereocenters.